The molecule has 0 fully saturated rings. The van der Waals surface area contributed by atoms with Gasteiger partial charge in [0.25, 0.3) is 11.2 Å². The third kappa shape index (κ3) is 8.77. The first-order valence-electron chi connectivity index (χ1n) is 16.9. The highest BCUT2D eigenvalue weighted by molar-refractivity contribution is 5.90. The van der Waals surface area contributed by atoms with Crippen LogP contribution in [-0.2, 0) is 44.5 Å². The maximum Gasteiger partial charge on any atom is 0.432 e. The predicted molar refractivity (Wildman–Crippen MR) is 190 cm³/mol. The van der Waals surface area contributed by atoms with Crippen molar-refractivity contribution in [3.63, 3.8) is 0 Å². The number of hydrogen-bond acceptors (Lipinski definition) is 12. The number of ether oxygens (including phenoxy) is 9. The Kier molecular flexibility index (Phi) is 14.3. The molecule has 312 valence electrons. The van der Waals surface area contributed by atoms with Crippen molar-refractivity contribution in [3.8, 4) is 23.0 Å². The molecule has 0 heterocycles. The molecule has 58 heavy (non-hydrogen) atoms. The second kappa shape index (κ2) is 18.5. The van der Waals surface area contributed by atoms with Gasteiger partial charge in [0.1, 0.15) is 6.61 Å². The Morgan fingerprint density at radius 2 is 1.05 bits per heavy atom. The molecule has 0 N–H and O–H groups in total. The van der Waals surface area contributed by atoms with E-state index in [1.54, 1.807) is 0 Å². The SMILES string of the molecule is COC(=O)c1ccc(O[C@@H](COC(=O)[C@](OC)(c2ccccc2)C(F)(F)F)[C@@H](OC(=O)[C@](OC)(c2ccccc2)C(F)(F)F)c2ccc(OC)c(OC)c2)c(OC)c1. The monoisotopic (exact) mass is 824 g/mol. The molecule has 4 atom stereocenters. The molecule has 4 aromatic carbocycles. The fraction of sp³-hybridized carbons (Fsp3) is 0.325. The Hall–Kier alpha value is -6.01. The molecular formula is C40H38F6O12. The Morgan fingerprint density at radius 1 is 0.569 bits per heavy atom. The average Bonchev–Trinajstić information content (AvgIpc) is 3.21. The zero-order valence-electron chi connectivity index (χ0n) is 31.8. The lowest BCUT2D eigenvalue weighted by Crippen LogP contribution is -2.53. The van der Waals surface area contributed by atoms with Crippen molar-refractivity contribution >= 4 is 17.9 Å². The van der Waals surface area contributed by atoms with Gasteiger partial charge in [-0.05, 0) is 30.3 Å². The highest BCUT2D eigenvalue weighted by atomic mass is 19.4. The summed E-state index contributed by atoms with van der Waals surface area (Å²) < 4.78 is 138. The highest BCUT2D eigenvalue weighted by Gasteiger charge is 2.66. The third-order valence-corrected chi connectivity index (χ3v) is 8.90. The second-order valence-electron chi connectivity index (χ2n) is 12.1. The van der Waals surface area contributed by atoms with E-state index in [1.807, 2.05) is 0 Å². The molecule has 0 amide bonds. The molecule has 0 aliphatic carbocycles. The van der Waals surface area contributed by atoms with Crippen LogP contribution in [0.3, 0.4) is 0 Å². The summed E-state index contributed by atoms with van der Waals surface area (Å²) in [6.45, 7) is -1.25. The van der Waals surface area contributed by atoms with Gasteiger partial charge in [-0.2, -0.15) is 26.3 Å². The molecule has 0 radical (unpaired) electrons. The Balaban J connectivity index is 1.96. The highest BCUT2D eigenvalue weighted by Crippen LogP contribution is 2.46. The number of carbonyl (C=O) groups is 3. The summed E-state index contributed by atoms with van der Waals surface area (Å²) in [4.78, 5) is 40.2. The Bertz CT molecular complexity index is 2030. The van der Waals surface area contributed by atoms with Gasteiger partial charge in [-0.25, -0.2) is 14.4 Å². The normalized spacial score (nSPS) is 14.8. The first kappa shape index (κ1) is 44.7. The maximum atomic E-state index is 15.1. The predicted octanol–water partition coefficient (Wildman–Crippen LogP) is 7.28. The molecule has 4 rings (SSSR count). The lowest BCUT2D eigenvalue weighted by Gasteiger charge is -2.36. The summed E-state index contributed by atoms with van der Waals surface area (Å²) in [7, 11) is 6.04. The quantitative estimate of drug-likeness (QED) is 0.0602. The van der Waals surface area contributed by atoms with Crippen LogP contribution in [0.5, 0.6) is 23.0 Å². The van der Waals surface area contributed by atoms with Gasteiger partial charge in [0.15, 0.2) is 35.2 Å². The van der Waals surface area contributed by atoms with Crippen molar-refractivity contribution < 1.29 is 83.4 Å². The Morgan fingerprint density at radius 3 is 1.52 bits per heavy atom. The van der Waals surface area contributed by atoms with Gasteiger partial charge >= 0.3 is 30.3 Å². The van der Waals surface area contributed by atoms with E-state index in [9.17, 15) is 27.6 Å². The van der Waals surface area contributed by atoms with E-state index in [1.165, 1.54) is 74.9 Å². The van der Waals surface area contributed by atoms with Crippen LogP contribution in [0.25, 0.3) is 0 Å². The first-order chi connectivity index (χ1) is 27.5. The summed E-state index contributed by atoms with van der Waals surface area (Å²) in [5, 5.41) is 0. The van der Waals surface area contributed by atoms with Gasteiger partial charge < -0.3 is 42.6 Å². The maximum absolute atomic E-state index is 15.1. The fourth-order valence-corrected chi connectivity index (χ4v) is 5.98. The number of benzene rings is 4. The minimum Gasteiger partial charge on any atom is -0.493 e. The smallest absolute Gasteiger partial charge is 0.432 e. The second-order valence-corrected chi connectivity index (χ2v) is 12.1. The average molecular weight is 825 g/mol. The van der Waals surface area contributed by atoms with Crippen LogP contribution in [0.1, 0.15) is 33.2 Å². The number of rotatable bonds is 17. The van der Waals surface area contributed by atoms with Gasteiger partial charge in [0.05, 0.1) is 34.0 Å². The van der Waals surface area contributed by atoms with Crippen molar-refractivity contribution in [2.45, 2.75) is 35.8 Å². The van der Waals surface area contributed by atoms with E-state index in [2.05, 4.69) is 0 Å². The first-order valence-corrected chi connectivity index (χ1v) is 16.9. The minimum absolute atomic E-state index is 0.0340. The fourth-order valence-electron chi connectivity index (χ4n) is 5.98. The molecule has 18 heteroatoms. The van der Waals surface area contributed by atoms with Crippen LogP contribution in [0, 0.1) is 0 Å². The topological polar surface area (TPSA) is 134 Å². The zero-order valence-corrected chi connectivity index (χ0v) is 31.8. The summed E-state index contributed by atoms with van der Waals surface area (Å²) in [5.74, 6) is -5.29. The lowest BCUT2D eigenvalue weighted by molar-refractivity contribution is -0.280. The number of halogens is 6. The molecule has 0 aliphatic rings. The largest absolute Gasteiger partial charge is 0.493 e. The molecule has 0 saturated carbocycles. The minimum atomic E-state index is -5.47. The van der Waals surface area contributed by atoms with E-state index in [-0.39, 0.29) is 34.1 Å². The molecular weight excluding hydrogens is 786 g/mol. The van der Waals surface area contributed by atoms with Crippen LogP contribution in [0.2, 0.25) is 0 Å². The zero-order chi connectivity index (χ0) is 42.9. The van der Waals surface area contributed by atoms with Gasteiger partial charge in [-0.1, -0.05) is 66.7 Å². The summed E-state index contributed by atoms with van der Waals surface area (Å²) in [6, 6.07) is 18.8. The van der Waals surface area contributed by atoms with Crippen molar-refractivity contribution in [3.05, 3.63) is 119 Å². The Labute approximate surface area is 328 Å². The van der Waals surface area contributed by atoms with E-state index in [0.717, 1.165) is 50.6 Å². The number of esters is 3. The number of carbonyl (C=O) groups excluding carboxylic acids is 3. The van der Waals surface area contributed by atoms with Crippen LogP contribution in [-0.4, -0.2) is 85.6 Å². The van der Waals surface area contributed by atoms with Gasteiger partial charge in [0.2, 0.25) is 0 Å². The van der Waals surface area contributed by atoms with E-state index < -0.39 is 71.4 Å². The lowest BCUT2D eigenvalue weighted by atomic mass is 9.92. The van der Waals surface area contributed by atoms with Crippen LogP contribution in [0.4, 0.5) is 26.3 Å². The molecule has 0 aliphatic heterocycles. The molecule has 0 spiro atoms. The molecule has 0 unspecified atom stereocenters. The van der Waals surface area contributed by atoms with Crippen molar-refractivity contribution in [2.24, 2.45) is 0 Å². The molecule has 12 nitrogen and oxygen atoms in total. The van der Waals surface area contributed by atoms with Crippen molar-refractivity contribution in [1.82, 2.24) is 0 Å². The van der Waals surface area contributed by atoms with Crippen molar-refractivity contribution in [1.29, 1.82) is 0 Å². The van der Waals surface area contributed by atoms with Crippen molar-refractivity contribution in [2.75, 3.05) is 49.3 Å². The van der Waals surface area contributed by atoms with E-state index in [0.29, 0.717) is 14.2 Å². The third-order valence-electron chi connectivity index (χ3n) is 8.90. The summed E-state index contributed by atoms with van der Waals surface area (Å²) in [6.07, 6.45) is -15.0. The molecule has 0 saturated heterocycles. The molecule has 4 aromatic rings. The van der Waals surface area contributed by atoms with Gasteiger partial charge in [-0.3, -0.25) is 0 Å². The number of hydrogen-bond donors (Lipinski definition) is 0. The van der Waals surface area contributed by atoms with Crippen LogP contribution in [0.15, 0.2) is 97.1 Å². The molecule has 0 aromatic heterocycles. The van der Waals surface area contributed by atoms with Gasteiger partial charge in [0, 0.05) is 30.9 Å². The van der Waals surface area contributed by atoms with Crippen LogP contribution < -0.4 is 18.9 Å². The van der Waals surface area contributed by atoms with E-state index >= 15 is 13.2 Å². The number of alkyl halides is 6. The summed E-state index contributed by atoms with van der Waals surface area (Å²) >= 11 is 0. The summed E-state index contributed by atoms with van der Waals surface area (Å²) in [5.41, 5.74) is -9.10. The van der Waals surface area contributed by atoms with Crippen LogP contribution >= 0.6 is 0 Å². The van der Waals surface area contributed by atoms with E-state index in [4.69, 9.17) is 42.6 Å². The number of methoxy groups -OCH3 is 6. The standard InChI is InChI=1S/C40H38F6O12/c1-50-28-19-17-24(21-30(28)51-2)33(58-36(49)38(55-6,40(44,45)46)27-15-11-8-12-16-27)32(57-29-20-18-25(34(47)53-4)22-31(29)52-3)23-56-35(48)37(54-5,39(41,42)43)26-13-9-7-10-14-26/h7-22,32-33H,23H2,1-6H3/t32-,33-,37+,38+/m0/s1. The van der Waals surface area contributed by atoms with Gasteiger partial charge in [-0.15, -0.1) is 0 Å². The molecule has 0 bridgehead atoms.